The number of aryl methyl sites for hydroxylation is 1. The van der Waals surface area contributed by atoms with Crippen molar-refractivity contribution in [1.29, 1.82) is 0 Å². The van der Waals surface area contributed by atoms with Crippen LogP contribution in [0.15, 0.2) is 65.6 Å². The molecule has 0 aromatic heterocycles. The number of nitrogens with one attached hydrogen (secondary N) is 2. The monoisotopic (exact) mass is 464 g/mol. The molecule has 0 atom stereocenters. The summed E-state index contributed by atoms with van der Waals surface area (Å²) in [6, 6.07) is 15.6. The SMILES string of the molecule is COc1cc(C(=O)Nc2ccc(Cl)c(S(=O)(=O)Nc3ccccc3Cl)c2)ccc1C. The van der Waals surface area contributed by atoms with Crippen LogP contribution in [-0.4, -0.2) is 21.4 Å². The maximum atomic E-state index is 12.8. The average Bonchev–Trinajstić information content (AvgIpc) is 2.71. The highest BCUT2D eigenvalue weighted by atomic mass is 35.5. The minimum Gasteiger partial charge on any atom is -0.496 e. The lowest BCUT2D eigenvalue weighted by Gasteiger charge is -2.13. The summed E-state index contributed by atoms with van der Waals surface area (Å²) in [7, 11) is -2.52. The summed E-state index contributed by atoms with van der Waals surface area (Å²) in [5.41, 5.74) is 1.74. The second kappa shape index (κ2) is 8.95. The highest BCUT2D eigenvalue weighted by molar-refractivity contribution is 7.92. The largest absolute Gasteiger partial charge is 0.496 e. The van der Waals surface area contributed by atoms with Crippen LogP contribution in [0.5, 0.6) is 5.75 Å². The van der Waals surface area contributed by atoms with E-state index < -0.39 is 15.9 Å². The van der Waals surface area contributed by atoms with Crippen LogP contribution in [0, 0.1) is 6.92 Å². The van der Waals surface area contributed by atoms with Crippen LogP contribution in [-0.2, 0) is 10.0 Å². The van der Waals surface area contributed by atoms with Crippen LogP contribution in [0.4, 0.5) is 11.4 Å². The zero-order chi connectivity index (χ0) is 21.9. The van der Waals surface area contributed by atoms with E-state index >= 15 is 0 Å². The van der Waals surface area contributed by atoms with Crippen molar-refractivity contribution in [2.24, 2.45) is 0 Å². The fraction of sp³-hybridized carbons (Fsp3) is 0.0952. The Balaban J connectivity index is 1.88. The van der Waals surface area contributed by atoms with Gasteiger partial charge in [0, 0.05) is 11.3 Å². The van der Waals surface area contributed by atoms with Crippen molar-refractivity contribution in [2.75, 3.05) is 17.1 Å². The number of carbonyl (C=O) groups excluding carboxylic acids is 1. The molecule has 0 aliphatic carbocycles. The van der Waals surface area contributed by atoms with Gasteiger partial charge >= 0.3 is 0 Å². The maximum Gasteiger partial charge on any atom is 0.263 e. The zero-order valence-corrected chi connectivity index (χ0v) is 18.4. The molecule has 0 unspecified atom stereocenters. The van der Waals surface area contributed by atoms with Crippen LogP contribution in [0.25, 0.3) is 0 Å². The molecule has 1 amide bonds. The van der Waals surface area contributed by atoms with E-state index in [4.69, 9.17) is 27.9 Å². The molecule has 156 valence electrons. The number of amides is 1. The second-order valence-electron chi connectivity index (χ2n) is 6.37. The molecule has 0 spiro atoms. The summed E-state index contributed by atoms with van der Waals surface area (Å²) >= 11 is 12.2. The fourth-order valence-electron chi connectivity index (χ4n) is 2.70. The maximum absolute atomic E-state index is 12.8. The summed E-state index contributed by atoms with van der Waals surface area (Å²) in [4.78, 5) is 12.4. The molecule has 0 heterocycles. The van der Waals surface area contributed by atoms with Crippen molar-refractivity contribution in [3.05, 3.63) is 81.8 Å². The number of para-hydroxylation sites is 1. The van der Waals surface area contributed by atoms with Gasteiger partial charge in [-0.05, 0) is 55.0 Å². The third-order valence-electron chi connectivity index (χ3n) is 4.27. The van der Waals surface area contributed by atoms with E-state index in [1.165, 1.54) is 31.4 Å². The van der Waals surface area contributed by atoms with Crippen LogP contribution < -0.4 is 14.8 Å². The van der Waals surface area contributed by atoms with Gasteiger partial charge in [0.05, 0.1) is 22.8 Å². The minimum atomic E-state index is -4.04. The fourth-order valence-corrected chi connectivity index (χ4v) is 4.54. The zero-order valence-electron chi connectivity index (χ0n) is 16.1. The third-order valence-corrected chi connectivity index (χ3v) is 6.44. The van der Waals surface area contributed by atoms with Gasteiger partial charge in [-0.25, -0.2) is 8.42 Å². The Morgan fingerprint density at radius 2 is 1.70 bits per heavy atom. The van der Waals surface area contributed by atoms with Crippen molar-refractivity contribution in [1.82, 2.24) is 0 Å². The van der Waals surface area contributed by atoms with Crippen LogP contribution in [0.2, 0.25) is 10.0 Å². The van der Waals surface area contributed by atoms with E-state index in [2.05, 4.69) is 10.0 Å². The molecular weight excluding hydrogens is 447 g/mol. The molecule has 2 N–H and O–H groups in total. The van der Waals surface area contributed by atoms with Crippen LogP contribution in [0.3, 0.4) is 0 Å². The topological polar surface area (TPSA) is 84.5 Å². The summed E-state index contributed by atoms with van der Waals surface area (Å²) in [5, 5.41) is 2.92. The highest BCUT2D eigenvalue weighted by Gasteiger charge is 2.20. The van der Waals surface area contributed by atoms with Crippen LogP contribution >= 0.6 is 23.2 Å². The molecule has 3 rings (SSSR count). The van der Waals surface area contributed by atoms with Crippen molar-refractivity contribution in [3.8, 4) is 5.75 Å². The first-order chi connectivity index (χ1) is 14.2. The molecule has 0 bridgehead atoms. The molecular formula is C21H18Cl2N2O4S. The van der Waals surface area contributed by atoms with Crippen molar-refractivity contribution in [2.45, 2.75) is 11.8 Å². The lowest BCUT2D eigenvalue weighted by Crippen LogP contribution is -2.16. The quantitative estimate of drug-likeness (QED) is 0.513. The summed E-state index contributed by atoms with van der Waals surface area (Å²) < 4.78 is 33.3. The Hall–Kier alpha value is -2.74. The highest BCUT2D eigenvalue weighted by Crippen LogP contribution is 2.29. The predicted molar refractivity (Wildman–Crippen MR) is 119 cm³/mol. The van der Waals surface area contributed by atoms with E-state index in [9.17, 15) is 13.2 Å². The number of rotatable bonds is 6. The number of halogens is 2. The molecule has 0 aliphatic rings. The molecule has 9 heteroatoms. The predicted octanol–water partition coefficient (Wildman–Crippen LogP) is 5.36. The van der Waals surface area contributed by atoms with Gasteiger partial charge in [0.25, 0.3) is 15.9 Å². The second-order valence-corrected chi connectivity index (χ2v) is 8.83. The summed E-state index contributed by atoms with van der Waals surface area (Å²) in [6.07, 6.45) is 0. The Morgan fingerprint density at radius 1 is 0.967 bits per heavy atom. The molecule has 0 saturated heterocycles. The van der Waals surface area contributed by atoms with Gasteiger partial charge in [0.1, 0.15) is 10.6 Å². The van der Waals surface area contributed by atoms with Crippen molar-refractivity contribution < 1.29 is 17.9 Å². The van der Waals surface area contributed by atoms with Crippen LogP contribution in [0.1, 0.15) is 15.9 Å². The third kappa shape index (κ3) is 4.87. The minimum absolute atomic E-state index is 0.00422. The van der Waals surface area contributed by atoms with E-state index in [1.807, 2.05) is 6.92 Å². The molecule has 0 fully saturated rings. The van der Waals surface area contributed by atoms with Crippen molar-refractivity contribution >= 4 is 50.5 Å². The Kier molecular flexibility index (Phi) is 6.55. The number of sulfonamides is 1. The normalized spacial score (nSPS) is 11.1. The van der Waals surface area contributed by atoms with E-state index in [-0.39, 0.29) is 26.3 Å². The molecule has 0 aliphatic heterocycles. The molecule has 6 nitrogen and oxygen atoms in total. The standard InChI is InChI=1S/C21H18Cl2N2O4S/c1-13-7-8-14(11-19(13)29-2)21(26)24-15-9-10-17(23)20(12-15)30(27,28)25-18-6-4-3-5-16(18)22/h3-12,25H,1-2H3,(H,24,26). The molecule has 0 saturated carbocycles. The first kappa shape index (κ1) is 22.0. The Bertz CT molecular complexity index is 1210. The number of hydrogen-bond acceptors (Lipinski definition) is 4. The molecule has 3 aromatic rings. The molecule has 30 heavy (non-hydrogen) atoms. The van der Waals surface area contributed by atoms with Gasteiger partial charge in [0.2, 0.25) is 0 Å². The number of anilines is 2. The van der Waals surface area contributed by atoms with Gasteiger partial charge < -0.3 is 10.1 Å². The first-order valence-electron chi connectivity index (χ1n) is 8.74. The van der Waals surface area contributed by atoms with E-state index in [1.54, 1.807) is 36.4 Å². The Morgan fingerprint density at radius 3 is 2.40 bits per heavy atom. The number of hydrogen-bond donors (Lipinski definition) is 2. The van der Waals surface area contributed by atoms with Gasteiger partial charge in [0.15, 0.2) is 0 Å². The number of ether oxygens (including phenoxy) is 1. The van der Waals surface area contributed by atoms with Gasteiger partial charge in [-0.1, -0.05) is 41.4 Å². The molecule has 3 aromatic carbocycles. The first-order valence-corrected chi connectivity index (χ1v) is 11.0. The van der Waals surface area contributed by atoms with E-state index in [0.29, 0.717) is 11.3 Å². The number of carbonyl (C=O) groups is 1. The lowest BCUT2D eigenvalue weighted by atomic mass is 10.1. The number of methoxy groups -OCH3 is 1. The number of benzene rings is 3. The molecule has 0 radical (unpaired) electrons. The van der Waals surface area contributed by atoms with Gasteiger partial charge in [-0.3, -0.25) is 9.52 Å². The van der Waals surface area contributed by atoms with Gasteiger partial charge in [-0.2, -0.15) is 0 Å². The average molecular weight is 465 g/mol. The smallest absolute Gasteiger partial charge is 0.263 e. The van der Waals surface area contributed by atoms with E-state index in [0.717, 1.165) is 5.56 Å². The van der Waals surface area contributed by atoms with Crippen molar-refractivity contribution in [3.63, 3.8) is 0 Å². The summed E-state index contributed by atoms with van der Waals surface area (Å²) in [6.45, 7) is 1.86. The van der Waals surface area contributed by atoms with Gasteiger partial charge in [-0.15, -0.1) is 0 Å². The lowest BCUT2D eigenvalue weighted by molar-refractivity contribution is 0.102. The Labute approximate surface area is 184 Å². The summed E-state index contributed by atoms with van der Waals surface area (Å²) in [5.74, 6) is 0.156.